The zero-order valence-corrected chi connectivity index (χ0v) is 9.77. The monoisotopic (exact) mass is 242 g/mol. The predicted molar refractivity (Wildman–Crippen MR) is 73.5 cm³/mol. The Morgan fingerprint density at radius 1 is 1.39 bits per heavy atom. The molecule has 0 aliphatic carbocycles. The van der Waals surface area contributed by atoms with Crippen LogP contribution >= 0.6 is 0 Å². The number of aliphatic hydroxyl groups excluding tert-OH is 1. The first kappa shape index (κ1) is 13.2. The Morgan fingerprint density at radius 3 is 2.61 bits per heavy atom. The second kappa shape index (κ2) is 5.46. The van der Waals surface area contributed by atoms with Gasteiger partial charge in [0.05, 0.1) is 22.6 Å². The third kappa shape index (κ3) is 3.32. The van der Waals surface area contributed by atoms with Gasteiger partial charge in [-0.15, -0.1) is 0 Å². The summed E-state index contributed by atoms with van der Waals surface area (Å²) in [5.41, 5.74) is 13.4. The van der Waals surface area contributed by atoms with Crippen molar-refractivity contribution < 1.29 is 5.11 Å². The fourth-order valence-electron chi connectivity index (χ4n) is 1.25. The molecule has 0 heterocycles. The van der Waals surface area contributed by atoms with Gasteiger partial charge in [0.2, 0.25) is 0 Å². The summed E-state index contributed by atoms with van der Waals surface area (Å²) in [5, 5.41) is 20.9. The topological polar surface area (TPSA) is 108 Å². The molecule has 1 aromatic rings. The van der Waals surface area contributed by atoms with Crippen LogP contribution in [0.15, 0.2) is 54.5 Å². The molecule has 1 rings (SSSR count). The number of nitrogens with zero attached hydrogens (tertiary/aromatic N) is 1. The van der Waals surface area contributed by atoms with E-state index in [1.807, 2.05) is 6.07 Å². The largest absolute Gasteiger partial charge is 0.509 e. The number of nitrogens with one attached hydrogen (secondary N) is 1. The molecule has 0 saturated carbocycles. The van der Waals surface area contributed by atoms with Crippen LogP contribution in [0.1, 0.15) is 0 Å². The highest BCUT2D eigenvalue weighted by Crippen LogP contribution is 2.24. The van der Waals surface area contributed by atoms with E-state index in [4.69, 9.17) is 21.8 Å². The van der Waals surface area contributed by atoms with Gasteiger partial charge in [-0.25, -0.2) is 0 Å². The van der Waals surface area contributed by atoms with Gasteiger partial charge >= 0.3 is 0 Å². The molecule has 18 heavy (non-hydrogen) atoms. The summed E-state index contributed by atoms with van der Waals surface area (Å²) >= 11 is 0. The highest BCUT2D eigenvalue weighted by Gasteiger charge is 2.06. The van der Waals surface area contributed by atoms with Crippen LogP contribution in [0.2, 0.25) is 0 Å². The molecule has 92 valence electrons. The summed E-state index contributed by atoms with van der Waals surface area (Å²) < 4.78 is 0. The van der Waals surface area contributed by atoms with E-state index in [1.54, 1.807) is 18.2 Å². The van der Waals surface area contributed by atoms with Crippen molar-refractivity contribution >= 4 is 17.1 Å². The van der Waals surface area contributed by atoms with Crippen LogP contribution < -0.4 is 16.8 Å². The van der Waals surface area contributed by atoms with Crippen molar-refractivity contribution in [3.8, 4) is 6.07 Å². The minimum Gasteiger partial charge on any atom is -0.509 e. The third-order valence-electron chi connectivity index (χ3n) is 2.12. The van der Waals surface area contributed by atoms with E-state index >= 15 is 0 Å². The summed E-state index contributed by atoms with van der Waals surface area (Å²) in [6, 6.07) is 6.79. The molecular weight excluding hydrogens is 228 g/mol. The lowest BCUT2D eigenvalue weighted by molar-refractivity contribution is 0.435. The molecule has 0 atom stereocenters. The van der Waals surface area contributed by atoms with Gasteiger partial charge in [-0.05, 0) is 18.2 Å². The van der Waals surface area contributed by atoms with Crippen LogP contribution in [0, 0.1) is 11.3 Å². The normalized spacial score (nSPS) is 10.5. The molecular formula is C13H14N4O. The lowest BCUT2D eigenvalue weighted by Crippen LogP contribution is -2.05. The Kier molecular flexibility index (Phi) is 4.00. The SMILES string of the molecule is C=C(O)/C=C(/Nc1cc(N)ccc1N)C(=C)C#N. The van der Waals surface area contributed by atoms with Gasteiger partial charge in [0.1, 0.15) is 11.8 Å². The Labute approximate surface area is 105 Å². The number of hydrogen-bond donors (Lipinski definition) is 4. The van der Waals surface area contributed by atoms with Crippen LogP contribution in [0.4, 0.5) is 17.1 Å². The standard InChI is InChI=1S/C13H14N4O/c1-8(7-14)12(5-9(2)18)17-13-6-10(15)3-4-11(13)16/h3-6,17-18H,1-2,15-16H2/b12-5+. The van der Waals surface area contributed by atoms with E-state index in [-0.39, 0.29) is 11.3 Å². The first-order valence-corrected chi connectivity index (χ1v) is 5.05. The maximum atomic E-state index is 9.15. The molecule has 0 aromatic heterocycles. The predicted octanol–water partition coefficient (Wildman–Crippen LogP) is 2.30. The number of hydrogen-bond acceptors (Lipinski definition) is 5. The van der Waals surface area contributed by atoms with Crippen molar-refractivity contribution in [2.45, 2.75) is 0 Å². The van der Waals surface area contributed by atoms with Gasteiger partial charge < -0.3 is 21.9 Å². The first-order chi connectivity index (χ1) is 8.43. The Morgan fingerprint density at radius 2 is 2.06 bits per heavy atom. The van der Waals surface area contributed by atoms with E-state index in [2.05, 4.69) is 18.5 Å². The molecule has 0 fully saturated rings. The van der Waals surface area contributed by atoms with Crippen LogP contribution in [-0.2, 0) is 0 Å². The average Bonchev–Trinajstić information content (AvgIpc) is 2.31. The minimum absolute atomic E-state index is 0.145. The van der Waals surface area contributed by atoms with Crippen molar-refractivity contribution in [3.05, 3.63) is 54.5 Å². The van der Waals surface area contributed by atoms with Gasteiger partial charge in [0.25, 0.3) is 0 Å². The van der Waals surface area contributed by atoms with Crippen LogP contribution in [0.25, 0.3) is 0 Å². The van der Waals surface area contributed by atoms with Crippen LogP contribution in [0.3, 0.4) is 0 Å². The molecule has 5 nitrogen and oxygen atoms in total. The first-order valence-electron chi connectivity index (χ1n) is 5.05. The van der Waals surface area contributed by atoms with Crippen molar-refractivity contribution in [1.29, 1.82) is 5.26 Å². The fourth-order valence-corrected chi connectivity index (χ4v) is 1.25. The Bertz CT molecular complexity index is 567. The Hall–Kier alpha value is -2.87. The van der Waals surface area contributed by atoms with E-state index in [9.17, 15) is 0 Å². The van der Waals surface area contributed by atoms with Crippen LogP contribution in [0.5, 0.6) is 0 Å². The van der Waals surface area contributed by atoms with Crippen molar-refractivity contribution in [1.82, 2.24) is 0 Å². The number of nitrogen functional groups attached to an aromatic ring is 2. The highest BCUT2D eigenvalue weighted by molar-refractivity contribution is 5.74. The molecule has 6 N–H and O–H groups in total. The summed E-state index contributed by atoms with van der Waals surface area (Å²) in [5.74, 6) is -0.198. The lowest BCUT2D eigenvalue weighted by atomic mass is 10.2. The highest BCUT2D eigenvalue weighted by atomic mass is 16.3. The second-order valence-electron chi connectivity index (χ2n) is 3.61. The fraction of sp³-hybridized carbons (Fsp3) is 0. The molecule has 1 aromatic carbocycles. The smallest absolute Gasteiger partial charge is 0.110 e. The maximum Gasteiger partial charge on any atom is 0.110 e. The van der Waals surface area contributed by atoms with E-state index in [0.717, 1.165) is 0 Å². The molecule has 0 radical (unpaired) electrons. The lowest BCUT2D eigenvalue weighted by Gasteiger charge is -2.12. The average molecular weight is 242 g/mol. The maximum absolute atomic E-state index is 9.15. The molecule has 5 heteroatoms. The Balaban J connectivity index is 3.12. The zero-order valence-electron chi connectivity index (χ0n) is 9.77. The van der Waals surface area contributed by atoms with Gasteiger partial charge in [0.15, 0.2) is 0 Å². The number of anilines is 3. The minimum atomic E-state index is -0.198. The molecule has 0 aliphatic heterocycles. The number of aliphatic hydroxyl groups is 1. The van der Waals surface area contributed by atoms with Gasteiger partial charge in [0, 0.05) is 11.8 Å². The molecule has 0 bridgehead atoms. The quantitative estimate of drug-likeness (QED) is 0.280. The number of rotatable bonds is 4. The number of nitriles is 1. The molecule has 0 aliphatic rings. The third-order valence-corrected chi connectivity index (χ3v) is 2.12. The van der Waals surface area contributed by atoms with Crippen molar-refractivity contribution in [2.75, 3.05) is 16.8 Å². The molecule has 0 unspecified atom stereocenters. The number of benzene rings is 1. The van der Waals surface area contributed by atoms with Crippen molar-refractivity contribution in [2.24, 2.45) is 0 Å². The van der Waals surface area contributed by atoms with Crippen LogP contribution in [-0.4, -0.2) is 5.11 Å². The van der Waals surface area contributed by atoms with Gasteiger partial charge in [-0.1, -0.05) is 13.2 Å². The van der Waals surface area contributed by atoms with Gasteiger partial charge in [-0.3, -0.25) is 0 Å². The second-order valence-corrected chi connectivity index (χ2v) is 3.61. The number of allylic oxidation sites excluding steroid dienone is 2. The van der Waals surface area contributed by atoms with Gasteiger partial charge in [-0.2, -0.15) is 5.26 Å². The van der Waals surface area contributed by atoms with E-state index in [0.29, 0.717) is 22.8 Å². The summed E-state index contributed by atoms with van der Waals surface area (Å²) in [4.78, 5) is 0. The summed E-state index contributed by atoms with van der Waals surface area (Å²) in [6.45, 7) is 6.88. The summed E-state index contributed by atoms with van der Waals surface area (Å²) in [6.07, 6.45) is 1.29. The molecule has 0 amide bonds. The molecule has 0 spiro atoms. The van der Waals surface area contributed by atoms with Crippen molar-refractivity contribution in [3.63, 3.8) is 0 Å². The van der Waals surface area contributed by atoms with E-state index in [1.165, 1.54) is 6.08 Å². The van der Waals surface area contributed by atoms with E-state index < -0.39 is 0 Å². The number of nitrogens with two attached hydrogens (primary N) is 2. The molecule has 0 saturated heterocycles. The zero-order chi connectivity index (χ0) is 13.7. The summed E-state index contributed by atoms with van der Waals surface area (Å²) in [7, 11) is 0.